The van der Waals surface area contributed by atoms with Crippen LogP contribution in [-0.4, -0.2) is 34.9 Å². The third-order valence-corrected chi connectivity index (χ3v) is 4.70. The van der Waals surface area contributed by atoms with E-state index in [4.69, 9.17) is 14.6 Å². The van der Waals surface area contributed by atoms with Gasteiger partial charge in [0.15, 0.2) is 6.10 Å². The zero-order valence-corrected chi connectivity index (χ0v) is 16.7. The molecular weight excluding hydrogens is 472 g/mol. The molecule has 138 valence electrons. The van der Waals surface area contributed by atoms with Crippen molar-refractivity contribution in [2.75, 3.05) is 6.61 Å². The number of carboxylic acid groups (broad SMARTS) is 2. The maximum Gasteiger partial charge on any atom is 0.344 e. The number of carbonyl (C=O) groups is 2. The quantitative estimate of drug-likeness (QED) is 0.502. The van der Waals surface area contributed by atoms with Crippen molar-refractivity contribution in [3.05, 3.63) is 57.0 Å². The SMILES string of the molecule is O=C(O)c1ccc(OC(CCCOc2ccccc2Br)C(=O)O)c(Br)c1. The second-order valence-corrected chi connectivity index (χ2v) is 7.02. The van der Waals surface area contributed by atoms with Crippen LogP contribution in [0.4, 0.5) is 0 Å². The molecule has 8 heteroatoms. The molecule has 0 heterocycles. The van der Waals surface area contributed by atoms with Crippen LogP contribution in [0.5, 0.6) is 11.5 Å². The van der Waals surface area contributed by atoms with Crippen LogP contribution in [0.2, 0.25) is 0 Å². The first-order chi connectivity index (χ1) is 12.4. The highest BCUT2D eigenvalue weighted by molar-refractivity contribution is 9.10. The first-order valence-corrected chi connectivity index (χ1v) is 9.26. The summed E-state index contributed by atoms with van der Waals surface area (Å²) in [6.07, 6.45) is -0.347. The average molecular weight is 488 g/mol. The van der Waals surface area contributed by atoms with Gasteiger partial charge in [0, 0.05) is 0 Å². The van der Waals surface area contributed by atoms with E-state index < -0.39 is 18.0 Å². The van der Waals surface area contributed by atoms with Crippen molar-refractivity contribution in [2.45, 2.75) is 18.9 Å². The molecule has 0 aliphatic carbocycles. The van der Waals surface area contributed by atoms with Crippen LogP contribution < -0.4 is 9.47 Å². The van der Waals surface area contributed by atoms with Crippen molar-refractivity contribution < 1.29 is 29.3 Å². The molecule has 0 fully saturated rings. The lowest BCUT2D eigenvalue weighted by Gasteiger charge is -2.16. The molecule has 6 nitrogen and oxygen atoms in total. The highest BCUT2D eigenvalue weighted by atomic mass is 79.9. The second-order valence-electron chi connectivity index (χ2n) is 5.32. The molecule has 1 unspecified atom stereocenters. The first-order valence-electron chi connectivity index (χ1n) is 7.68. The Morgan fingerprint density at radius 2 is 1.73 bits per heavy atom. The molecule has 0 saturated heterocycles. The maximum absolute atomic E-state index is 11.4. The smallest absolute Gasteiger partial charge is 0.344 e. The lowest BCUT2D eigenvalue weighted by molar-refractivity contribution is -0.145. The normalized spacial score (nSPS) is 11.6. The molecule has 1 atom stereocenters. The van der Waals surface area contributed by atoms with E-state index in [-0.39, 0.29) is 17.7 Å². The zero-order chi connectivity index (χ0) is 19.1. The van der Waals surface area contributed by atoms with Crippen molar-refractivity contribution in [2.24, 2.45) is 0 Å². The largest absolute Gasteiger partial charge is 0.492 e. The molecule has 26 heavy (non-hydrogen) atoms. The van der Waals surface area contributed by atoms with Gasteiger partial charge in [0.25, 0.3) is 0 Å². The summed E-state index contributed by atoms with van der Waals surface area (Å²) < 4.78 is 12.3. The molecule has 2 aromatic carbocycles. The summed E-state index contributed by atoms with van der Waals surface area (Å²) in [6, 6.07) is 11.6. The van der Waals surface area contributed by atoms with Crippen molar-refractivity contribution in [1.82, 2.24) is 0 Å². The van der Waals surface area contributed by atoms with E-state index in [1.54, 1.807) is 0 Å². The van der Waals surface area contributed by atoms with Crippen molar-refractivity contribution in [3.8, 4) is 11.5 Å². The van der Waals surface area contributed by atoms with E-state index >= 15 is 0 Å². The van der Waals surface area contributed by atoms with Gasteiger partial charge in [0.1, 0.15) is 11.5 Å². The molecule has 0 aliphatic heterocycles. The fraction of sp³-hybridized carbons (Fsp3) is 0.222. The summed E-state index contributed by atoms with van der Waals surface area (Å²) in [5.74, 6) is -1.21. The number of para-hydroxylation sites is 1. The number of hydrogen-bond acceptors (Lipinski definition) is 4. The van der Waals surface area contributed by atoms with E-state index in [1.807, 2.05) is 24.3 Å². The van der Waals surface area contributed by atoms with E-state index in [9.17, 15) is 14.7 Å². The second kappa shape index (κ2) is 9.59. The van der Waals surface area contributed by atoms with Gasteiger partial charge in [-0.25, -0.2) is 9.59 Å². The van der Waals surface area contributed by atoms with Gasteiger partial charge < -0.3 is 19.7 Å². The predicted octanol–water partition coefficient (Wildman–Crippen LogP) is 4.60. The van der Waals surface area contributed by atoms with Gasteiger partial charge in [-0.05, 0) is 75.0 Å². The first kappa shape index (κ1) is 20.3. The Morgan fingerprint density at radius 1 is 1.00 bits per heavy atom. The lowest BCUT2D eigenvalue weighted by Crippen LogP contribution is -2.27. The van der Waals surface area contributed by atoms with Crippen LogP contribution in [0.25, 0.3) is 0 Å². The lowest BCUT2D eigenvalue weighted by atomic mass is 10.2. The van der Waals surface area contributed by atoms with Crippen molar-refractivity contribution in [1.29, 1.82) is 0 Å². The Balaban J connectivity index is 1.92. The predicted molar refractivity (Wildman–Crippen MR) is 102 cm³/mol. The maximum atomic E-state index is 11.4. The van der Waals surface area contributed by atoms with E-state index in [1.165, 1.54) is 18.2 Å². The molecule has 0 spiro atoms. The minimum absolute atomic E-state index is 0.0814. The monoisotopic (exact) mass is 486 g/mol. The number of hydrogen-bond donors (Lipinski definition) is 2. The van der Waals surface area contributed by atoms with Gasteiger partial charge >= 0.3 is 11.9 Å². The van der Waals surface area contributed by atoms with Crippen LogP contribution in [0, 0.1) is 0 Å². The fourth-order valence-electron chi connectivity index (χ4n) is 2.13. The number of aromatic carboxylic acids is 1. The van der Waals surface area contributed by atoms with Gasteiger partial charge in [-0.2, -0.15) is 0 Å². The molecule has 2 aromatic rings. The van der Waals surface area contributed by atoms with Crippen molar-refractivity contribution in [3.63, 3.8) is 0 Å². The van der Waals surface area contributed by atoms with Crippen LogP contribution in [-0.2, 0) is 4.79 Å². The molecule has 2 rings (SSSR count). The minimum atomic E-state index is -1.10. The summed E-state index contributed by atoms with van der Waals surface area (Å²) >= 11 is 6.58. The van der Waals surface area contributed by atoms with Gasteiger partial charge in [0.2, 0.25) is 0 Å². The molecule has 0 aliphatic rings. The third kappa shape index (κ3) is 5.74. The summed E-state index contributed by atoms with van der Waals surface area (Å²) in [5, 5.41) is 18.3. The van der Waals surface area contributed by atoms with E-state index in [2.05, 4.69) is 31.9 Å². The summed E-state index contributed by atoms with van der Waals surface area (Å²) in [6.45, 7) is 0.342. The topological polar surface area (TPSA) is 93.1 Å². The number of rotatable bonds is 9. The fourth-order valence-corrected chi connectivity index (χ4v) is 3.00. The zero-order valence-electron chi connectivity index (χ0n) is 13.5. The summed E-state index contributed by atoms with van der Waals surface area (Å²) in [5.41, 5.74) is 0.0814. The number of halogens is 2. The van der Waals surface area contributed by atoms with Gasteiger partial charge in [0.05, 0.1) is 21.1 Å². The molecule has 0 bridgehead atoms. The third-order valence-electron chi connectivity index (χ3n) is 3.43. The molecule has 0 aromatic heterocycles. The van der Waals surface area contributed by atoms with Crippen LogP contribution in [0.1, 0.15) is 23.2 Å². The molecule has 0 amide bonds. The highest BCUT2D eigenvalue weighted by Crippen LogP contribution is 2.28. The van der Waals surface area contributed by atoms with Crippen LogP contribution in [0.15, 0.2) is 51.4 Å². The number of benzene rings is 2. The van der Waals surface area contributed by atoms with Crippen molar-refractivity contribution >= 4 is 43.8 Å². The van der Waals surface area contributed by atoms with Gasteiger partial charge in [-0.3, -0.25) is 0 Å². The molecule has 2 N–H and O–H groups in total. The van der Waals surface area contributed by atoms with Crippen LogP contribution >= 0.6 is 31.9 Å². The Kier molecular flexibility index (Phi) is 7.47. The molecular formula is C18H16Br2O6. The minimum Gasteiger partial charge on any atom is -0.492 e. The van der Waals surface area contributed by atoms with Gasteiger partial charge in [-0.1, -0.05) is 12.1 Å². The standard InChI is InChI=1S/C18H16Br2O6/c19-12-4-1-2-5-14(12)25-9-3-6-16(18(23)24)26-15-8-7-11(17(21)22)10-13(15)20/h1-2,4-5,7-8,10,16H,3,6,9H2,(H,21,22)(H,23,24). The average Bonchev–Trinajstić information content (AvgIpc) is 2.59. The Labute approximate surface area is 167 Å². The van der Waals surface area contributed by atoms with Crippen LogP contribution in [0.3, 0.4) is 0 Å². The summed E-state index contributed by atoms with van der Waals surface area (Å²) in [4.78, 5) is 22.4. The van der Waals surface area contributed by atoms with Gasteiger partial charge in [-0.15, -0.1) is 0 Å². The highest BCUT2D eigenvalue weighted by Gasteiger charge is 2.21. The summed E-state index contributed by atoms with van der Waals surface area (Å²) in [7, 11) is 0. The number of aliphatic carboxylic acids is 1. The molecule has 0 saturated carbocycles. The Morgan fingerprint density at radius 3 is 2.35 bits per heavy atom. The van der Waals surface area contributed by atoms with E-state index in [0.29, 0.717) is 23.2 Å². The molecule has 0 radical (unpaired) electrons. The number of ether oxygens (including phenoxy) is 2. The van der Waals surface area contributed by atoms with E-state index in [0.717, 1.165) is 4.47 Å². The Hall–Kier alpha value is -2.06. The number of carboxylic acids is 2. The Bertz CT molecular complexity index is 793.